The van der Waals surface area contributed by atoms with Crippen molar-refractivity contribution in [3.63, 3.8) is 0 Å². The summed E-state index contributed by atoms with van der Waals surface area (Å²) in [5.41, 5.74) is 3.04. The standard InChI is InChI=1S/C21H23NO2S2/c1-16-6-2-7-17(14-16)8-4-13-26-20-19(21(23)24)10-3-11-22(20)15-18-9-5-12-25-18/h2-3,5-7,9-10,12,14H,4,8,11,13,15H2,1H3,(H,23,24). The molecule has 0 spiro atoms. The fourth-order valence-corrected chi connectivity index (χ4v) is 4.83. The molecule has 0 amide bonds. The maximum atomic E-state index is 11.7. The van der Waals surface area contributed by atoms with Gasteiger partial charge >= 0.3 is 5.97 Å². The second kappa shape index (κ2) is 9.10. The van der Waals surface area contributed by atoms with Gasteiger partial charge in [0, 0.05) is 11.4 Å². The van der Waals surface area contributed by atoms with Gasteiger partial charge in [-0.05, 0) is 48.6 Å². The maximum absolute atomic E-state index is 11.7. The molecule has 0 aliphatic carbocycles. The van der Waals surface area contributed by atoms with Crippen molar-refractivity contribution in [2.24, 2.45) is 0 Å². The van der Waals surface area contributed by atoms with E-state index >= 15 is 0 Å². The number of hydrogen-bond acceptors (Lipinski definition) is 4. The molecule has 3 nitrogen and oxygen atoms in total. The summed E-state index contributed by atoms with van der Waals surface area (Å²) in [6, 6.07) is 12.7. The van der Waals surface area contributed by atoms with Gasteiger partial charge in [-0.2, -0.15) is 0 Å². The van der Waals surface area contributed by atoms with Crippen LogP contribution >= 0.6 is 23.1 Å². The second-order valence-corrected chi connectivity index (χ2v) is 8.44. The largest absolute Gasteiger partial charge is 0.478 e. The van der Waals surface area contributed by atoms with Crippen LogP contribution in [-0.2, 0) is 17.8 Å². The third kappa shape index (κ3) is 5.02. The van der Waals surface area contributed by atoms with E-state index in [2.05, 4.69) is 47.5 Å². The van der Waals surface area contributed by atoms with E-state index in [1.54, 1.807) is 29.2 Å². The Morgan fingerprint density at radius 3 is 2.92 bits per heavy atom. The predicted octanol–water partition coefficient (Wildman–Crippen LogP) is 5.09. The number of aryl methyl sites for hydroxylation is 2. The van der Waals surface area contributed by atoms with Crippen molar-refractivity contribution in [1.82, 2.24) is 4.90 Å². The van der Waals surface area contributed by atoms with E-state index in [0.717, 1.165) is 36.7 Å². The van der Waals surface area contributed by atoms with E-state index in [0.29, 0.717) is 5.57 Å². The van der Waals surface area contributed by atoms with Gasteiger partial charge in [0.2, 0.25) is 0 Å². The van der Waals surface area contributed by atoms with Crippen LogP contribution in [0.15, 0.2) is 64.5 Å². The first kappa shape index (κ1) is 18.8. The molecule has 5 heteroatoms. The van der Waals surface area contributed by atoms with Gasteiger partial charge in [-0.3, -0.25) is 0 Å². The number of benzene rings is 1. The number of thioether (sulfide) groups is 1. The molecule has 1 aromatic carbocycles. The number of thiophene rings is 1. The molecular formula is C21H23NO2S2. The highest BCUT2D eigenvalue weighted by molar-refractivity contribution is 8.03. The summed E-state index contributed by atoms with van der Waals surface area (Å²) in [6.07, 6.45) is 5.73. The Morgan fingerprint density at radius 1 is 1.31 bits per heavy atom. The summed E-state index contributed by atoms with van der Waals surface area (Å²) >= 11 is 3.38. The van der Waals surface area contributed by atoms with E-state index in [1.165, 1.54) is 16.0 Å². The number of nitrogens with zero attached hydrogens (tertiary/aromatic N) is 1. The molecule has 0 radical (unpaired) electrons. The fraction of sp³-hybridized carbons (Fsp3) is 0.286. The smallest absolute Gasteiger partial charge is 0.338 e. The first-order valence-electron chi connectivity index (χ1n) is 8.73. The molecule has 3 rings (SSSR count). The van der Waals surface area contributed by atoms with Gasteiger partial charge in [0.15, 0.2) is 0 Å². The van der Waals surface area contributed by atoms with Gasteiger partial charge in [-0.1, -0.05) is 42.0 Å². The third-order valence-electron chi connectivity index (χ3n) is 4.22. The molecule has 0 atom stereocenters. The zero-order valence-electron chi connectivity index (χ0n) is 14.9. The molecule has 2 heterocycles. The Hall–Kier alpha value is -1.98. The number of rotatable bonds is 8. The number of carbonyl (C=O) groups is 1. The van der Waals surface area contributed by atoms with Crippen molar-refractivity contribution in [2.75, 3.05) is 12.3 Å². The second-order valence-electron chi connectivity index (χ2n) is 6.33. The van der Waals surface area contributed by atoms with Crippen LogP contribution in [0.3, 0.4) is 0 Å². The van der Waals surface area contributed by atoms with Crippen LogP contribution in [0.25, 0.3) is 0 Å². The molecule has 0 saturated heterocycles. The normalized spacial score (nSPS) is 14.1. The van der Waals surface area contributed by atoms with E-state index in [-0.39, 0.29) is 0 Å². The number of carboxylic acid groups (broad SMARTS) is 1. The molecule has 1 aliphatic heterocycles. The highest BCUT2D eigenvalue weighted by Gasteiger charge is 2.21. The first-order valence-corrected chi connectivity index (χ1v) is 10.6. The van der Waals surface area contributed by atoms with Crippen LogP contribution in [0.2, 0.25) is 0 Å². The number of aliphatic carboxylic acids is 1. The Morgan fingerprint density at radius 2 is 2.19 bits per heavy atom. The van der Waals surface area contributed by atoms with Crippen molar-refractivity contribution in [3.05, 3.63) is 80.5 Å². The molecule has 0 unspecified atom stereocenters. The molecule has 2 aromatic rings. The molecule has 136 valence electrons. The van der Waals surface area contributed by atoms with E-state index in [9.17, 15) is 9.90 Å². The van der Waals surface area contributed by atoms with Crippen molar-refractivity contribution < 1.29 is 9.90 Å². The molecule has 1 aliphatic rings. The molecule has 0 fully saturated rings. The summed E-state index contributed by atoms with van der Waals surface area (Å²) in [5.74, 6) is 0.0628. The summed E-state index contributed by atoms with van der Waals surface area (Å²) in [6.45, 7) is 3.63. The SMILES string of the molecule is Cc1cccc(CCCSC2=C(C(=O)O)C=CCN2Cc2cccs2)c1. The average molecular weight is 386 g/mol. The van der Waals surface area contributed by atoms with Crippen molar-refractivity contribution in [3.8, 4) is 0 Å². The lowest BCUT2D eigenvalue weighted by atomic mass is 10.1. The minimum absolute atomic E-state index is 0.411. The topological polar surface area (TPSA) is 40.5 Å². The number of hydrogen-bond donors (Lipinski definition) is 1. The van der Waals surface area contributed by atoms with Crippen LogP contribution < -0.4 is 0 Å². The zero-order valence-corrected chi connectivity index (χ0v) is 16.5. The van der Waals surface area contributed by atoms with Gasteiger partial charge < -0.3 is 10.0 Å². The summed E-state index contributed by atoms with van der Waals surface area (Å²) in [7, 11) is 0. The summed E-state index contributed by atoms with van der Waals surface area (Å²) in [4.78, 5) is 15.1. The van der Waals surface area contributed by atoms with Crippen LogP contribution in [0.1, 0.15) is 22.4 Å². The van der Waals surface area contributed by atoms with E-state index < -0.39 is 5.97 Å². The van der Waals surface area contributed by atoms with Gasteiger partial charge in [0.1, 0.15) is 0 Å². The Bertz CT molecular complexity index is 809. The Labute approximate surface area is 163 Å². The van der Waals surface area contributed by atoms with E-state index in [1.807, 2.05) is 12.1 Å². The van der Waals surface area contributed by atoms with Gasteiger partial charge in [-0.15, -0.1) is 23.1 Å². The van der Waals surface area contributed by atoms with Gasteiger partial charge in [0.05, 0.1) is 17.1 Å². The lowest BCUT2D eigenvalue weighted by Gasteiger charge is -2.29. The van der Waals surface area contributed by atoms with Crippen molar-refractivity contribution in [1.29, 1.82) is 0 Å². The number of carboxylic acids is 1. The molecule has 1 aromatic heterocycles. The minimum atomic E-state index is -0.849. The van der Waals surface area contributed by atoms with Crippen molar-refractivity contribution in [2.45, 2.75) is 26.3 Å². The molecular weight excluding hydrogens is 362 g/mol. The van der Waals surface area contributed by atoms with E-state index in [4.69, 9.17) is 0 Å². The van der Waals surface area contributed by atoms with Gasteiger partial charge in [0.25, 0.3) is 0 Å². The summed E-state index contributed by atoms with van der Waals surface area (Å²) in [5, 5.41) is 12.5. The lowest BCUT2D eigenvalue weighted by molar-refractivity contribution is -0.132. The predicted molar refractivity (Wildman–Crippen MR) is 110 cm³/mol. The maximum Gasteiger partial charge on any atom is 0.338 e. The average Bonchev–Trinajstić information content (AvgIpc) is 3.12. The first-order chi connectivity index (χ1) is 12.6. The zero-order chi connectivity index (χ0) is 18.4. The van der Waals surface area contributed by atoms with Gasteiger partial charge in [-0.25, -0.2) is 4.79 Å². The molecule has 0 bridgehead atoms. The fourth-order valence-electron chi connectivity index (χ4n) is 2.99. The van der Waals surface area contributed by atoms with Crippen LogP contribution in [0, 0.1) is 6.92 Å². The highest BCUT2D eigenvalue weighted by Crippen LogP contribution is 2.31. The highest BCUT2D eigenvalue weighted by atomic mass is 32.2. The Kier molecular flexibility index (Phi) is 6.58. The van der Waals surface area contributed by atoms with Crippen molar-refractivity contribution >= 4 is 29.1 Å². The monoisotopic (exact) mass is 385 g/mol. The minimum Gasteiger partial charge on any atom is -0.478 e. The molecule has 0 saturated carbocycles. The molecule has 26 heavy (non-hydrogen) atoms. The third-order valence-corrected chi connectivity index (χ3v) is 6.32. The quantitative estimate of drug-likeness (QED) is 0.643. The van der Waals surface area contributed by atoms with Crippen LogP contribution in [-0.4, -0.2) is 28.3 Å². The van der Waals surface area contributed by atoms with Crippen LogP contribution in [0.4, 0.5) is 0 Å². The lowest BCUT2D eigenvalue weighted by Crippen LogP contribution is -2.26. The summed E-state index contributed by atoms with van der Waals surface area (Å²) < 4.78 is 0. The molecule has 1 N–H and O–H groups in total. The Balaban J connectivity index is 1.64. The van der Waals surface area contributed by atoms with Crippen LogP contribution in [0.5, 0.6) is 0 Å².